The predicted octanol–water partition coefficient (Wildman–Crippen LogP) is 2.05. The number of benzene rings is 1. The molecule has 1 saturated heterocycles. The Morgan fingerprint density at radius 2 is 2.20 bits per heavy atom. The van der Waals surface area contributed by atoms with Crippen molar-refractivity contribution >= 4 is 22.4 Å². The number of carbonyl (C=O) groups is 1. The number of nitrogens with one attached hydrogen (secondary N) is 3. The number of hydrogen-bond acceptors (Lipinski definition) is 4. The third-order valence-corrected chi connectivity index (χ3v) is 5.15. The van der Waals surface area contributed by atoms with E-state index in [1.807, 2.05) is 17.0 Å². The van der Waals surface area contributed by atoms with Gasteiger partial charge in [0.1, 0.15) is 11.8 Å². The SMILES string of the molecule is COc1ccc2[nH]cc(C3=CCN(C(=O)C4CC(C)NN4)CC3)c2c1. The van der Waals surface area contributed by atoms with Gasteiger partial charge in [-0.1, -0.05) is 6.08 Å². The minimum absolute atomic E-state index is 0.109. The van der Waals surface area contributed by atoms with Crippen LogP contribution in [0.15, 0.2) is 30.5 Å². The van der Waals surface area contributed by atoms with Crippen LogP contribution >= 0.6 is 0 Å². The van der Waals surface area contributed by atoms with Crippen molar-refractivity contribution in [2.45, 2.75) is 31.8 Å². The molecular weight excluding hydrogens is 316 g/mol. The van der Waals surface area contributed by atoms with Gasteiger partial charge in [0.25, 0.3) is 0 Å². The summed E-state index contributed by atoms with van der Waals surface area (Å²) in [7, 11) is 1.68. The van der Waals surface area contributed by atoms with Gasteiger partial charge in [-0.2, -0.15) is 0 Å². The van der Waals surface area contributed by atoms with Crippen molar-refractivity contribution in [1.82, 2.24) is 20.7 Å². The highest BCUT2D eigenvalue weighted by molar-refractivity contribution is 5.94. The molecule has 2 unspecified atom stereocenters. The normalized spacial score (nSPS) is 23.8. The number of aromatic nitrogens is 1. The molecule has 1 amide bonds. The number of carbonyl (C=O) groups excluding carboxylic acids is 1. The summed E-state index contributed by atoms with van der Waals surface area (Å²) in [6, 6.07) is 6.29. The summed E-state index contributed by atoms with van der Waals surface area (Å²) in [4.78, 5) is 17.9. The zero-order chi connectivity index (χ0) is 17.4. The molecule has 3 N–H and O–H groups in total. The fourth-order valence-corrected chi connectivity index (χ4v) is 3.70. The van der Waals surface area contributed by atoms with Crippen LogP contribution in [0.1, 0.15) is 25.3 Å². The number of fused-ring (bicyclic) bond motifs is 1. The maximum atomic E-state index is 12.6. The van der Waals surface area contributed by atoms with Crippen LogP contribution in [0.4, 0.5) is 0 Å². The van der Waals surface area contributed by atoms with Crippen LogP contribution in [0.5, 0.6) is 5.75 Å². The quantitative estimate of drug-likeness (QED) is 0.800. The average Bonchev–Trinajstić information content (AvgIpc) is 3.27. The molecule has 1 aromatic carbocycles. The number of amides is 1. The van der Waals surface area contributed by atoms with Crippen LogP contribution in [0, 0.1) is 0 Å². The largest absolute Gasteiger partial charge is 0.497 e. The topological polar surface area (TPSA) is 69.4 Å². The second-order valence-electron chi connectivity index (χ2n) is 6.86. The Kier molecular flexibility index (Phi) is 4.23. The summed E-state index contributed by atoms with van der Waals surface area (Å²) in [5.41, 5.74) is 9.81. The first-order valence-corrected chi connectivity index (χ1v) is 8.80. The van der Waals surface area contributed by atoms with E-state index >= 15 is 0 Å². The van der Waals surface area contributed by atoms with Gasteiger partial charge in [-0.25, -0.2) is 5.43 Å². The lowest BCUT2D eigenvalue weighted by Crippen LogP contribution is -2.47. The monoisotopic (exact) mass is 340 g/mol. The predicted molar refractivity (Wildman–Crippen MR) is 98.2 cm³/mol. The van der Waals surface area contributed by atoms with Gasteiger partial charge in [-0.15, -0.1) is 0 Å². The van der Waals surface area contributed by atoms with E-state index in [2.05, 4.69) is 41.1 Å². The van der Waals surface area contributed by atoms with E-state index in [1.165, 1.54) is 16.5 Å². The van der Waals surface area contributed by atoms with Crippen LogP contribution in [-0.2, 0) is 4.79 Å². The molecule has 2 aromatic rings. The summed E-state index contributed by atoms with van der Waals surface area (Å²) in [5.74, 6) is 1.04. The molecule has 132 valence electrons. The number of nitrogens with zero attached hydrogens (tertiary/aromatic N) is 1. The third kappa shape index (κ3) is 3.03. The fourth-order valence-electron chi connectivity index (χ4n) is 3.70. The van der Waals surface area contributed by atoms with Crippen molar-refractivity contribution in [3.63, 3.8) is 0 Å². The fraction of sp³-hybridized carbons (Fsp3) is 0.421. The minimum atomic E-state index is -0.109. The van der Waals surface area contributed by atoms with Gasteiger partial charge in [0.15, 0.2) is 0 Å². The second kappa shape index (κ2) is 6.54. The Morgan fingerprint density at radius 3 is 2.88 bits per heavy atom. The highest BCUT2D eigenvalue weighted by atomic mass is 16.5. The van der Waals surface area contributed by atoms with Crippen LogP contribution in [0.2, 0.25) is 0 Å². The molecule has 2 atom stereocenters. The minimum Gasteiger partial charge on any atom is -0.497 e. The average molecular weight is 340 g/mol. The second-order valence-corrected chi connectivity index (χ2v) is 6.86. The summed E-state index contributed by atoms with van der Waals surface area (Å²) < 4.78 is 5.35. The van der Waals surface area contributed by atoms with Crippen molar-refractivity contribution in [2.75, 3.05) is 20.2 Å². The standard InChI is InChI=1S/C19H24N4O2/c1-12-9-18(22-21-12)19(24)23-7-5-13(6-8-23)16-11-20-17-4-3-14(25-2)10-15(16)17/h3-5,10-12,18,20-22H,6-9H2,1-2H3. The lowest BCUT2D eigenvalue weighted by Gasteiger charge is -2.28. The molecular formula is C19H24N4O2. The Bertz CT molecular complexity index is 826. The molecule has 2 aliphatic heterocycles. The van der Waals surface area contributed by atoms with E-state index in [-0.39, 0.29) is 11.9 Å². The van der Waals surface area contributed by atoms with Crippen molar-refractivity contribution < 1.29 is 9.53 Å². The molecule has 25 heavy (non-hydrogen) atoms. The highest BCUT2D eigenvalue weighted by Gasteiger charge is 2.31. The van der Waals surface area contributed by atoms with E-state index in [0.717, 1.165) is 30.7 Å². The molecule has 0 spiro atoms. The van der Waals surface area contributed by atoms with Gasteiger partial charge in [0.05, 0.1) is 7.11 Å². The number of H-pyrrole nitrogens is 1. The van der Waals surface area contributed by atoms with Gasteiger partial charge in [0.2, 0.25) is 5.91 Å². The summed E-state index contributed by atoms with van der Waals surface area (Å²) in [6.45, 7) is 3.50. The molecule has 0 radical (unpaired) electrons. The number of methoxy groups -OCH3 is 1. The summed E-state index contributed by atoms with van der Waals surface area (Å²) in [6.07, 6.45) is 5.94. The molecule has 1 aromatic heterocycles. The van der Waals surface area contributed by atoms with Crippen LogP contribution in [-0.4, -0.2) is 48.1 Å². The molecule has 1 fully saturated rings. The zero-order valence-electron chi connectivity index (χ0n) is 14.6. The molecule has 4 rings (SSSR count). The van der Waals surface area contributed by atoms with Gasteiger partial charge in [0, 0.05) is 41.8 Å². The van der Waals surface area contributed by atoms with Crippen molar-refractivity contribution in [3.05, 3.63) is 36.0 Å². The Balaban J connectivity index is 1.52. The Labute approximate surface area is 147 Å². The molecule has 2 aliphatic rings. The molecule has 0 saturated carbocycles. The van der Waals surface area contributed by atoms with Gasteiger partial charge >= 0.3 is 0 Å². The number of hydrogen-bond donors (Lipinski definition) is 3. The lowest BCUT2D eigenvalue weighted by molar-refractivity contribution is -0.132. The van der Waals surface area contributed by atoms with E-state index in [9.17, 15) is 4.79 Å². The molecule has 6 nitrogen and oxygen atoms in total. The van der Waals surface area contributed by atoms with Crippen LogP contribution in [0.25, 0.3) is 16.5 Å². The number of ether oxygens (including phenoxy) is 1. The first-order valence-electron chi connectivity index (χ1n) is 8.80. The summed E-state index contributed by atoms with van der Waals surface area (Å²) >= 11 is 0. The molecule has 3 heterocycles. The molecule has 6 heteroatoms. The van der Waals surface area contributed by atoms with Gasteiger partial charge in [-0.3, -0.25) is 10.2 Å². The van der Waals surface area contributed by atoms with Crippen molar-refractivity contribution in [2.24, 2.45) is 0 Å². The maximum Gasteiger partial charge on any atom is 0.241 e. The van der Waals surface area contributed by atoms with E-state index in [1.54, 1.807) is 7.11 Å². The summed E-state index contributed by atoms with van der Waals surface area (Å²) in [5, 5.41) is 1.17. The van der Waals surface area contributed by atoms with E-state index < -0.39 is 0 Å². The Morgan fingerprint density at radius 1 is 1.32 bits per heavy atom. The van der Waals surface area contributed by atoms with Gasteiger partial charge in [-0.05, 0) is 43.5 Å². The Hall–Kier alpha value is -2.31. The smallest absolute Gasteiger partial charge is 0.241 e. The number of aromatic amines is 1. The van der Waals surface area contributed by atoms with E-state index in [0.29, 0.717) is 12.6 Å². The molecule has 0 bridgehead atoms. The van der Waals surface area contributed by atoms with Crippen LogP contribution in [0.3, 0.4) is 0 Å². The lowest BCUT2D eigenvalue weighted by atomic mass is 9.98. The first-order chi connectivity index (χ1) is 12.2. The number of hydrazine groups is 1. The van der Waals surface area contributed by atoms with Crippen molar-refractivity contribution in [1.29, 1.82) is 0 Å². The van der Waals surface area contributed by atoms with Gasteiger partial charge < -0.3 is 14.6 Å². The number of rotatable bonds is 3. The first kappa shape index (κ1) is 16.2. The van der Waals surface area contributed by atoms with Crippen LogP contribution < -0.4 is 15.6 Å². The van der Waals surface area contributed by atoms with E-state index in [4.69, 9.17) is 4.74 Å². The third-order valence-electron chi connectivity index (χ3n) is 5.15. The zero-order valence-corrected chi connectivity index (χ0v) is 14.6. The highest BCUT2D eigenvalue weighted by Crippen LogP contribution is 2.31. The maximum absolute atomic E-state index is 12.6. The molecule has 0 aliphatic carbocycles. The van der Waals surface area contributed by atoms with Crippen molar-refractivity contribution in [3.8, 4) is 5.75 Å².